The van der Waals surface area contributed by atoms with E-state index in [1.807, 2.05) is 12.1 Å². The van der Waals surface area contributed by atoms with Crippen LogP contribution in [0.25, 0.3) is 0 Å². The number of nitrogens with zero attached hydrogens (tertiary/aromatic N) is 4. The van der Waals surface area contributed by atoms with Crippen molar-refractivity contribution in [1.29, 1.82) is 0 Å². The van der Waals surface area contributed by atoms with Gasteiger partial charge < -0.3 is 66.7 Å². The van der Waals surface area contributed by atoms with Gasteiger partial charge in [0.05, 0.1) is 61.7 Å². The highest BCUT2D eigenvalue weighted by atomic mass is 35.5. The summed E-state index contributed by atoms with van der Waals surface area (Å²) in [6.07, 6.45) is 0.301. The number of carbonyl (C=O) groups excluding carboxylic acids is 3. The highest BCUT2D eigenvalue weighted by Gasteiger charge is 2.28. The summed E-state index contributed by atoms with van der Waals surface area (Å²) < 4.78 is 11.3. The number of halogens is 2. The van der Waals surface area contributed by atoms with E-state index in [9.17, 15) is 64.2 Å². The number of anilines is 1. The van der Waals surface area contributed by atoms with Gasteiger partial charge in [-0.1, -0.05) is 47.5 Å². The molecule has 1 fully saturated rings. The number of aromatic hydroxyl groups is 2. The molecule has 24 nitrogen and oxygen atoms in total. The van der Waals surface area contributed by atoms with E-state index in [0.717, 1.165) is 5.56 Å². The number of rotatable bonds is 25. The number of carboxylic acids is 4. The summed E-state index contributed by atoms with van der Waals surface area (Å²) >= 11 is 18.1. The van der Waals surface area contributed by atoms with Crippen LogP contribution in [-0.2, 0) is 36.9 Å². The molecule has 27 heteroatoms. The molecule has 0 spiro atoms. The first-order valence-corrected chi connectivity index (χ1v) is 25.5. The smallest absolute Gasteiger partial charge is 0.317 e. The van der Waals surface area contributed by atoms with Crippen molar-refractivity contribution in [2.24, 2.45) is 0 Å². The van der Waals surface area contributed by atoms with Gasteiger partial charge in [-0.3, -0.25) is 53.2 Å². The summed E-state index contributed by atoms with van der Waals surface area (Å²) in [5.74, 6) is -6.34. The van der Waals surface area contributed by atoms with E-state index in [2.05, 4.69) is 26.6 Å². The summed E-state index contributed by atoms with van der Waals surface area (Å²) in [4.78, 5) is 92.6. The number of benzene rings is 4. The molecular formula is C51H61Cl2N9O15S. The Morgan fingerprint density at radius 3 is 1.79 bits per heavy atom. The summed E-state index contributed by atoms with van der Waals surface area (Å²) in [6, 6.07) is 19.5. The lowest BCUT2D eigenvalue weighted by Crippen LogP contribution is -2.53. The number of amides is 3. The molecule has 1 atom stereocenters. The van der Waals surface area contributed by atoms with E-state index in [4.69, 9.17) is 44.9 Å². The predicted octanol–water partition coefficient (Wildman–Crippen LogP) is 2.31. The fraction of sp³-hybridized carbons (Fsp3) is 0.373. The third-order valence-electron chi connectivity index (χ3n) is 11.8. The Morgan fingerprint density at radius 1 is 0.590 bits per heavy atom. The van der Waals surface area contributed by atoms with Crippen molar-refractivity contribution in [3.63, 3.8) is 0 Å². The molecule has 0 radical (unpaired) electrons. The Balaban J connectivity index is 1.05. The molecule has 4 aromatic rings. The summed E-state index contributed by atoms with van der Waals surface area (Å²) in [5, 5.41) is 72.5. The zero-order chi connectivity index (χ0) is 56.7. The Labute approximate surface area is 463 Å². The lowest BCUT2D eigenvalue weighted by Gasteiger charge is -2.37. The first kappa shape index (κ1) is 61.5. The summed E-state index contributed by atoms with van der Waals surface area (Å²) in [6.45, 7) is 0.273. The minimum absolute atomic E-state index is 0.0246. The topological polar surface area (TPSA) is 332 Å². The Hall–Kier alpha value is -7.36. The van der Waals surface area contributed by atoms with Crippen LogP contribution in [0.2, 0.25) is 10.0 Å². The maximum Gasteiger partial charge on any atom is 0.317 e. The van der Waals surface area contributed by atoms with Crippen LogP contribution in [-0.4, -0.2) is 208 Å². The highest BCUT2D eigenvalue weighted by molar-refractivity contribution is 7.80. The van der Waals surface area contributed by atoms with Gasteiger partial charge in [-0.05, 0) is 78.3 Å². The average molecular weight is 1140 g/mol. The van der Waals surface area contributed by atoms with Crippen molar-refractivity contribution in [2.45, 2.75) is 19.0 Å². The molecule has 420 valence electrons. The second kappa shape index (κ2) is 31.1. The van der Waals surface area contributed by atoms with E-state index in [1.165, 1.54) is 42.5 Å². The molecule has 11 N–H and O–H groups in total. The standard InChI is InChI=1S/C51H61Cl2N9O15S/c52-41-22-35(48(73)55-25-33-2-1-3-38(63)19-33)23-42(53)47(41)50(75)57-31-56-49(74)34-20-39(64)24-40(21-34)77-17-16-76-15-8-54-51(78)58-36-6-4-32(5-7-36)18-37-26-61(29-45(69)70)12-11-59(27-43(65)66)9-10-60(28-44(67)68)13-14-62(37)30-46(71)72/h1-7,19-24,37,63-64H,8-18,25-31H2,(H,55,73)(H,56,74)(H,57,75)(H,65,66)(H,67,68)(H,69,70)(H,71,72)(H2,54,58,78). The Bertz CT molecular complexity index is 2740. The van der Waals surface area contributed by atoms with Crippen LogP contribution < -0.4 is 31.3 Å². The van der Waals surface area contributed by atoms with Crippen molar-refractivity contribution in [2.75, 3.05) is 110 Å². The molecule has 1 unspecified atom stereocenters. The van der Waals surface area contributed by atoms with E-state index in [1.54, 1.807) is 43.9 Å². The van der Waals surface area contributed by atoms with E-state index >= 15 is 0 Å². The van der Waals surface area contributed by atoms with Gasteiger partial charge in [0, 0.05) is 87.8 Å². The van der Waals surface area contributed by atoms with Crippen LogP contribution in [0.1, 0.15) is 42.2 Å². The maximum atomic E-state index is 13.0. The van der Waals surface area contributed by atoms with E-state index < -0.39 is 47.6 Å². The molecule has 0 aromatic heterocycles. The number of hydrogen-bond acceptors (Lipinski definition) is 16. The molecule has 0 saturated carbocycles. The lowest BCUT2D eigenvalue weighted by atomic mass is 10.0. The number of thiocarbonyl (C=S) groups is 1. The molecule has 1 heterocycles. The van der Waals surface area contributed by atoms with Gasteiger partial charge >= 0.3 is 23.9 Å². The van der Waals surface area contributed by atoms with Crippen LogP contribution in [0.15, 0.2) is 78.9 Å². The quantitative estimate of drug-likeness (QED) is 0.0258. The van der Waals surface area contributed by atoms with Crippen molar-refractivity contribution < 1.29 is 73.7 Å². The van der Waals surface area contributed by atoms with Gasteiger partial charge in [0.25, 0.3) is 17.7 Å². The number of ether oxygens (including phenoxy) is 2. The van der Waals surface area contributed by atoms with Crippen LogP contribution >= 0.6 is 35.4 Å². The number of carboxylic acid groups (broad SMARTS) is 4. The molecule has 1 saturated heterocycles. The van der Waals surface area contributed by atoms with Gasteiger partial charge in [-0.25, -0.2) is 0 Å². The number of phenolic OH excluding ortho intramolecular Hbond substituents is 2. The summed E-state index contributed by atoms with van der Waals surface area (Å²) in [7, 11) is 0. The monoisotopic (exact) mass is 1140 g/mol. The highest BCUT2D eigenvalue weighted by Crippen LogP contribution is 2.27. The minimum Gasteiger partial charge on any atom is -0.508 e. The zero-order valence-electron chi connectivity index (χ0n) is 42.1. The maximum absolute atomic E-state index is 13.0. The van der Waals surface area contributed by atoms with E-state index in [0.29, 0.717) is 29.3 Å². The van der Waals surface area contributed by atoms with Gasteiger partial charge in [0.2, 0.25) is 0 Å². The average Bonchev–Trinajstić information content (AvgIpc) is 3.36. The number of phenols is 2. The lowest BCUT2D eigenvalue weighted by molar-refractivity contribution is -0.142. The van der Waals surface area contributed by atoms with Crippen molar-refractivity contribution in [3.05, 3.63) is 117 Å². The molecule has 0 aliphatic carbocycles. The molecule has 0 bridgehead atoms. The van der Waals surface area contributed by atoms with Crippen LogP contribution in [0, 0.1) is 0 Å². The Kier molecular flexibility index (Phi) is 24.6. The second-order valence-corrected chi connectivity index (χ2v) is 19.0. The van der Waals surface area contributed by atoms with Gasteiger partial charge in [0.1, 0.15) is 23.9 Å². The van der Waals surface area contributed by atoms with Gasteiger partial charge in [-0.2, -0.15) is 0 Å². The number of hydrogen-bond donors (Lipinski definition) is 11. The fourth-order valence-electron chi connectivity index (χ4n) is 8.15. The largest absolute Gasteiger partial charge is 0.508 e. The number of nitrogens with one attached hydrogen (secondary N) is 5. The molecule has 78 heavy (non-hydrogen) atoms. The van der Waals surface area contributed by atoms with Gasteiger partial charge in [0.15, 0.2) is 5.11 Å². The molecule has 4 aromatic carbocycles. The number of carbonyl (C=O) groups is 7. The third kappa shape index (κ3) is 21.6. The van der Waals surface area contributed by atoms with Crippen LogP contribution in [0.3, 0.4) is 0 Å². The molecular weight excluding hydrogens is 1080 g/mol. The zero-order valence-corrected chi connectivity index (χ0v) is 44.4. The van der Waals surface area contributed by atoms with Gasteiger partial charge in [-0.15, -0.1) is 0 Å². The minimum atomic E-state index is -1.11. The fourth-order valence-corrected chi connectivity index (χ4v) is 9.03. The van der Waals surface area contributed by atoms with E-state index in [-0.39, 0.29) is 149 Å². The second-order valence-electron chi connectivity index (χ2n) is 17.8. The van der Waals surface area contributed by atoms with Crippen molar-refractivity contribution in [1.82, 2.24) is 40.9 Å². The van der Waals surface area contributed by atoms with Crippen molar-refractivity contribution >= 4 is 87.8 Å². The summed E-state index contributed by atoms with van der Waals surface area (Å²) in [5.41, 5.74) is 2.08. The molecule has 1 aliphatic heterocycles. The molecule has 5 rings (SSSR count). The third-order valence-corrected chi connectivity index (χ3v) is 12.7. The van der Waals surface area contributed by atoms with Crippen LogP contribution in [0.5, 0.6) is 17.2 Å². The number of aliphatic carboxylic acids is 4. The normalized spacial score (nSPS) is 14.9. The predicted molar refractivity (Wildman–Crippen MR) is 290 cm³/mol. The Morgan fingerprint density at radius 2 is 1.17 bits per heavy atom. The molecule has 1 aliphatic rings. The van der Waals surface area contributed by atoms with Crippen molar-refractivity contribution in [3.8, 4) is 17.2 Å². The first-order chi connectivity index (χ1) is 37.2. The van der Waals surface area contributed by atoms with Crippen LogP contribution in [0.4, 0.5) is 5.69 Å². The molecule has 3 amide bonds. The SMILES string of the molecule is O=C(O)CN1CCN(CC(=O)O)CCN(CC(=O)O)C(Cc2ccc(NC(=S)NCCOCCOc3cc(O)cc(C(=O)NCNC(=O)c4c(Cl)cc(C(=O)NCc5cccc(O)c5)cc4Cl)c3)cc2)CN(CC(=O)O)CC1. The first-order valence-electron chi connectivity index (χ1n) is 24.3.